The number of amides is 2. The van der Waals surface area contributed by atoms with E-state index in [0.717, 1.165) is 16.0 Å². The molecule has 0 atom stereocenters. The molecule has 9 nitrogen and oxygen atoms in total. The van der Waals surface area contributed by atoms with E-state index in [1.54, 1.807) is 48.5 Å². The van der Waals surface area contributed by atoms with E-state index in [4.69, 9.17) is 20.3 Å². The maximum absolute atomic E-state index is 12.4. The number of carboxylic acid groups (broad SMARTS) is 1. The number of carboxylic acids is 1. The highest BCUT2D eigenvalue weighted by molar-refractivity contribution is 5.97. The van der Waals surface area contributed by atoms with Crippen molar-refractivity contribution in [1.29, 1.82) is 0 Å². The van der Waals surface area contributed by atoms with Gasteiger partial charge in [0.2, 0.25) is 5.96 Å². The van der Waals surface area contributed by atoms with Crippen LogP contribution in [0.25, 0.3) is 0 Å². The second-order valence-corrected chi connectivity index (χ2v) is 6.20. The first kappa shape index (κ1) is 22.4. The molecular formula is C21H23N3O6. The van der Waals surface area contributed by atoms with Gasteiger partial charge in [-0.25, -0.2) is 14.5 Å². The van der Waals surface area contributed by atoms with Crippen molar-refractivity contribution in [3.8, 4) is 0 Å². The van der Waals surface area contributed by atoms with Gasteiger partial charge in [0.1, 0.15) is 13.2 Å². The van der Waals surface area contributed by atoms with Gasteiger partial charge >= 0.3 is 18.2 Å². The number of nitrogens with two attached hydrogens (primary N) is 1. The third-order valence-electron chi connectivity index (χ3n) is 3.89. The van der Waals surface area contributed by atoms with E-state index in [1.165, 1.54) is 0 Å². The van der Waals surface area contributed by atoms with Crippen LogP contribution in [0.4, 0.5) is 9.59 Å². The molecule has 0 saturated carbocycles. The fraction of sp³-hybridized carbons (Fsp3) is 0.238. The zero-order valence-electron chi connectivity index (χ0n) is 16.3. The van der Waals surface area contributed by atoms with E-state index < -0.39 is 24.1 Å². The van der Waals surface area contributed by atoms with Crippen molar-refractivity contribution in [3.63, 3.8) is 0 Å². The highest BCUT2D eigenvalue weighted by atomic mass is 16.6. The quantitative estimate of drug-likeness (QED) is 0.502. The largest absolute Gasteiger partial charge is 0.481 e. The van der Waals surface area contributed by atoms with Crippen LogP contribution in [0, 0.1) is 0 Å². The summed E-state index contributed by atoms with van der Waals surface area (Å²) in [7, 11) is 0. The van der Waals surface area contributed by atoms with Crippen LogP contribution in [0.1, 0.15) is 24.0 Å². The lowest BCUT2D eigenvalue weighted by molar-refractivity contribution is -0.137. The average molecular weight is 413 g/mol. The van der Waals surface area contributed by atoms with Crippen LogP contribution in [0.5, 0.6) is 0 Å². The molecular weight excluding hydrogens is 390 g/mol. The predicted molar refractivity (Wildman–Crippen MR) is 108 cm³/mol. The van der Waals surface area contributed by atoms with Crippen molar-refractivity contribution in [2.45, 2.75) is 26.1 Å². The first-order valence-corrected chi connectivity index (χ1v) is 9.20. The molecule has 2 aromatic rings. The van der Waals surface area contributed by atoms with E-state index >= 15 is 0 Å². The van der Waals surface area contributed by atoms with E-state index in [9.17, 15) is 14.4 Å². The van der Waals surface area contributed by atoms with Crippen LogP contribution in [-0.4, -0.2) is 40.7 Å². The minimum Gasteiger partial charge on any atom is -0.481 e. The molecule has 2 amide bonds. The lowest BCUT2D eigenvalue weighted by Gasteiger charge is -2.20. The SMILES string of the molecule is NC(=NC(=O)OCc1ccccc1)N(CCCC(=O)O)C(=O)OCc1ccccc1. The number of carbonyl (C=O) groups excluding carboxylic acids is 2. The topological polar surface area (TPSA) is 132 Å². The Balaban J connectivity index is 1.99. The van der Waals surface area contributed by atoms with E-state index in [0.29, 0.717) is 0 Å². The van der Waals surface area contributed by atoms with Gasteiger partial charge in [-0.2, -0.15) is 0 Å². The van der Waals surface area contributed by atoms with Crippen LogP contribution in [0.2, 0.25) is 0 Å². The molecule has 0 spiro atoms. The summed E-state index contributed by atoms with van der Waals surface area (Å²) in [4.78, 5) is 39.6. The van der Waals surface area contributed by atoms with Crippen LogP contribution in [-0.2, 0) is 27.5 Å². The Morgan fingerprint density at radius 3 is 1.97 bits per heavy atom. The smallest absolute Gasteiger partial charge is 0.437 e. The first-order chi connectivity index (χ1) is 14.5. The van der Waals surface area contributed by atoms with Crippen molar-refractivity contribution >= 4 is 24.1 Å². The monoisotopic (exact) mass is 413 g/mol. The molecule has 0 bridgehead atoms. The number of carbonyl (C=O) groups is 3. The highest BCUT2D eigenvalue weighted by Gasteiger charge is 2.21. The van der Waals surface area contributed by atoms with Gasteiger partial charge in [0.15, 0.2) is 0 Å². The molecule has 9 heteroatoms. The summed E-state index contributed by atoms with van der Waals surface area (Å²) in [6.07, 6.45) is -1.91. The summed E-state index contributed by atoms with van der Waals surface area (Å²) >= 11 is 0. The number of rotatable bonds is 8. The van der Waals surface area contributed by atoms with Crippen LogP contribution in [0.15, 0.2) is 65.7 Å². The normalized spacial score (nSPS) is 10.9. The zero-order chi connectivity index (χ0) is 21.8. The van der Waals surface area contributed by atoms with Gasteiger partial charge in [0, 0.05) is 13.0 Å². The van der Waals surface area contributed by atoms with Gasteiger partial charge < -0.3 is 20.3 Å². The summed E-state index contributed by atoms with van der Waals surface area (Å²) in [5, 5.41) is 8.81. The number of nitrogens with zero attached hydrogens (tertiary/aromatic N) is 2. The number of guanidine groups is 1. The summed E-state index contributed by atoms with van der Waals surface area (Å²) in [5.41, 5.74) is 7.32. The molecule has 0 aromatic heterocycles. The predicted octanol–water partition coefficient (Wildman–Crippen LogP) is 3.14. The number of hydrogen-bond acceptors (Lipinski definition) is 5. The van der Waals surface area contributed by atoms with Gasteiger partial charge in [-0.1, -0.05) is 60.7 Å². The third kappa shape index (κ3) is 8.01. The van der Waals surface area contributed by atoms with Crippen molar-refractivity contribution in [2.75, 3.05) is 6.54 Å². The molecule has 0 aliphatic rings. The van der Waals surface area contributed by atoms with E-state index in [-0.39, 0.29) is 32.6 Å². The average Bonchev–Trinajstić information content (AvgIpc) is 2.75. The van der Waals surface area contributed by atoms with Crippen molar-refractivity contribution < 1.29 is 29.0 Å². The molecule has 158 valence electrons. The summed E-state index contributed by atoms with van der Waals surface area (Å²) in [6.45, 7) is -0.101. The molecule has 30 heavy (non-hydrogen) atoms. The molecule has 0 aliphatic carbocycles. The fourth-order valence-corrected chi connectivity index (χ4v) is 2.39. The minimum absolute atomic E-state index is 0.00603. The number of hydrogen-bond donors (Lipinski definition) is 2. The molecule has 0 saturated heterocycles. The zero-order valence-corrected chi connectivity index (χ0v) is 16.3. The Morgan fingerprint density at radius 2 is 1.43 bits per heavy atom. The van der Waals surface area contributed by atoms with E-state index in [1.807, 2.05) is 12.1 Å². The Morgan fingerprint density at radius 1 is 0.900 bits per heavy atom. The molecule has 2 aromatic carbocycles. The molecule has 0 unspecified atom stereocenters. The first-order valence-electron chi connectivity index (χ1n) is 9.20. The van der Waals surface area contributed by atoms with Gasteiger partial charge in [-0.05, 0) is 17.5 Å². The molecule has 0 fully saturated rings. The number of benzene rings is 2. The fourth-order valence-electron chi connectivity index (χ4n) is 2.39. The van der Waals surface area contributed by atoms with Gasteiger partial charge in [0.05, 0.1) is 0 Å². The van der Waals surface area contributed by atoms with Crippen molar-refractivity contribution in [2.24, 2.45) is 10.7 Å². The van der Waals surface area contributed by atoms with Gasteiger partial charge in [-0.3, -0.25) is 4.79 Å². The highest BCUT2D eigenvalue weighted by Crippen LogP contribution is 2.06. The molecule has 3 N–H and O–H groups in total. The van der Waals surface area contributed by atoms with Gasteiger partial charge in [0.25, 0.3) is 0 Å². The lowest BCUT2D eigenvalue weighted by Crippen LogP contribution is -2.43. The summed E-state index contributed by atoms with van der Waals surface area (Å²) < 4.78 is 10.2. The maximum Gasteiger partial charge on any atom is 0.437 e. The van der Waals surface area contributed by atoms with Crippen molar-refractivity contribution in [1.82, 2.24) is 4.90 Å². The van der Waals surface area contributed by atoms with Crippen LogP contribution in [0.3, 0.4) is 0 Å². The Hall–Kier alpha value is -3.88. The number of aliphatic imine (C=N–C) groups is 1. The number of ether oxygens (including phenoxy) is 2. The maximum atomic E-state index is 12.4. The molecule has 0 heterocycles. The third-order valence-corrected chi connectivity index (χ3v) is 3.89. The number of aliphatic carboxylic acids is 1. The molecule has 0 aliphatic heterocycles. The van der Waals surface area contributed by atoms with E-state index in [2.05, 4.69) is 4.99 Å². The van der Waals surface area contributed by atoms with Crippen LogP contribution >= 0.6 is 0 Å². The standard InChI is InChI=1S/C21H23N3O6/c22-19(23-20(27)29-14-16-8-3-1-4-9-16)24(13-7-12-18(25)26)21(28)30-15-17-10-5-2-6-11-17/h1-6,8-11H,7,12-15H2,(H,25,26)(H2,22,23,27). The lowest BCUT2D eigenvalue weighted by atomic mass is 10.2. The Bertz CT molecular complexity index is 871. The summed E-state index contributed by atoms with van der Waals surface area (Å²) in [6, 6.07) is 18.0. The van der Waals surface area contributed by atoms with Crippen molar-refractivity contribution in [3.05, 3.63) is 71.8 Å². The summed E-state index contributed by atoms with van der Waals surface area (Å²) in [5.74, 6) is -1.46. The minimum atomic E-state index is -1.02. The molecule has 2 rings (SSSR count). The molecule has 0 radical (unpaired) electrons. The second-order valence-electron chi connectivity index (χ2n) is 6.20. The Labute approximate surface area is 173 Å². The van der Waals surface area contributed by atoms with Gasteiger partial charge in [-0.15, -0.1) is 4.99 Å². The Kier molecular flexibility index (Phi) is 8.85. The van der Waals surface area contributed by atoms with Crippen LogP contribution < -0.4 is 5.73 Å². The second kappa shape index (κ2) is 11.8.